The Bertz CT molecular complexity index is 802. The van der Waals surface area contributed by atoms with Crippen LogP contribution in [0.5, 0.6) is 0 Å². The lowest BCUT2D eigenvalue weighted by Crippen LogP contribution is -2.38. The number of amides is 1. The minimum absolute atomic E-state index is 0.0143. The first-order valence-electron chi connectivity index (χ1n) is 9.91. The summed E-state index contributed by atoms with van der Waals surface area (Å²) in [6.07, 6.45) is 5.75. The molecule has 1 aliphatic heterocycles. The molecule has 0 bridgehead atoms. The maximum absolute atomic E-state index is 12.5. The zero-order valence-corrected chi connectivity index (χ0v) is 15.8. The van der Waals surface area contributed by atoms with Crippen LogP contribution in [0.1, 0.15) is 55.3 Å². The first-order chi connectivity index (χ1) is 13.1. The second-order valence-electron chi connectivity index (χ2n) is 7.91. The fraction of sp³-hybridized carbons (Fsp3) is 0.435. The van der Waals surface area contributed by atoms with Crippen molar-refractivity contribution in [3.05, 3.63) is 65.6 Å². The molecule has 1 aromatic carbocycles. The Morgan fingerprint density at radius 2 is 1.89 bits per heavy atom. The molecule has 1 saturated carbocycles. The van der Waals surface area contributed by atoms with Crippen LogP contribution in [0.15, 0.2) is 53.0 Å². The number of piperidine rings is 1. The third kappa shape index (κ3) is 4.16. The van der Waals surface area contributed by atoms with Crippen molar-refractivity contribution in [2.24, 2.45) is 11.8 Å². The van der Waals surface area contributed by atoms with E-state index >= 15 is 0 Å². The summed E-state index contributed by atoms with van der Waals surface area (Å²) in [6.45, 7) is 3.59. The Hall–Kier alpha value is -2.33. The second-order valence-corrected chi connectivity index (χ2v) is 7.91. The van der Waals surface area contributed by atoms with Crippen LogP contribution < -0.4 is 0 Å². The molecule has 1 amide bonds. The van der Waals surface area contributed by atoms with Gasteiger partial charge >= 0.3 is 0 Å². The second kappa shape index (κ2) is 7.73. The van der Waals surface area contributed by atoms with Gasteiger partial charge in [0.05, 0.1) is 6.10 Å². The van der Waals surface area contributed by atoms with Crippen molar-refractivity contribution >= 4 is 12.0 Å². The number of carbonyl (C=O) groups is 1. The maximum Gasteiger partial charge on any atom is 0.246 e. The van der Waals surface area contributed by atoms with Crippen molar-refractivity contribution in [2.75, 3.05) is 13.1 Å². The standard InChI is InChI=1S/C23H27NO3/c1-16-15-20(16)21-9-7-19(27-21)8-10-22(25)24-13-11-18(12-14-24)23(26)17-5-3-2-4-6-17/h2-10,16,18,20,23,26H,11-15H2,1H3. The molecule has 2 aromatic rings. The van der Waals surface area contributed by atoms with E-state index < -0.39 is 6.10 Å². The van der Waals surface area contributed by atoms with Gasteiger partial charge in [-0.05, 0) is 54.9 Å². The number of aliphatic hydroxyl groups excluding tert-OH is 1. The van der Waals surface area contributed by atoms with Crippen LogP contribution in [0.3, 0.4) is 0 Å². The summed E-state index contributed by atoms with van der Waals surface area (Å²) in [5.74, 6) is 3.26. The highest BCUT2D eigenvalue weighted by Gasteiger charge is 2.36. The van der Waals surface area contributed by atoms with Crippen LogP contribution in [0, 0.1) is 11.8 Å². The summed E-state index contributed by atoms with van der Waals surface area (Å²) in [4.78, 5) is 14.3. The minimum Gasteiger partial charge on any atom is -0.461 e. The lowest BCUT2D eigenvalue weighted by atomic mass is 9.87. The van der Waals surface area contributed by atoms with Crippen LogP contribution in [0.4, 0.5) is 0 Å². The first kappa shape index (κ1) is 18.1. The molecular formula is C23H27NO3. The third-order valence-corrected chi connectivity index (χ3v) is 5.95. The highest BCUT2D eigenvalue weighted by atomic mass is 16.3. The molecule has 4 heteroatoms. The van der Waals surface area contributed by atoms with E-state index in [2.05, 4.69) is 6.92 Å². The van der Waals surface area contributed by atoms with Gasteiger partial charge in [0.15, 0.2) is 0 Å². The molecule has 2 aliphatic rings. The van der Waals surface area contributed by atoms with Crippen LogP contribution >= 0.6 is 0 Å². The van der Waals surface area contributed by atoms with Crippen LogP contribution in [-0.4, -0.2) is 29.0 Å². The normalized spacial score (nSPS) is 24.3. The molecule has 2 fully saturated rings. The number of hydrogen-bond acceptors (Lipinski definition) is 3. The molecular weight excluding hydrogens is 338 g/mol. The Kier molecular flexibility index (Phi) is 5.17. The van der Waals surface area contributed by atoms with E-state index in [4.69, 9.17) is 4.42 Å². The zero-order valence-electron chi connectivity index (χ0n) is 15.8. The Labute approximate surface area is 160 Å². The number of carbonyl (C=O) groups excluding carboxylic acids is 1. The SMILES string of the molecule is CC1CC1c1ccc(C=CC(=O)N2CCC(C(O)c3ccccc3)CC2)o1. The van der Waals surface area contributed by atoms with Gasteiger partial charge in [0, 0.05) is 25.1 Å². The predicted molar refractivity (Wildman–Crippen MR) is 105 cm³/mol. The molecule has 1 N–H and O–H groups in total. The summed E-state index contributed by atoms with van der Waals surface area (Å²) in [7, 11) is 0. The smallest absolute Gasteiger partial charge is 0.246 e. The van der Waals surface area contributed by atoms with Crippen molar-refractivity contribution in [3.63, 3.8) is 0 Å². The van der Waals surface area contributed by atoms with Crippen molar-refractivity contribution in [1.29, 1.82) is 0 Å². The lowest BCUT2D eigenvalue weighted by molar-refractivity contribution is -0.127. The van der Waals surface area contributed by atoms with E-state index in [9.17, 15) is 9.90 Å². The van der Waals surface area contributed by atoms with Gasteiger partial charge in [-0.15, -0.1) is 0 Å². The molecule has 1 saturated heterocycles. The van der Waals surface area contributed by atoms with Crippen molar-refractivity contribution in [1.82, 2.24) is 4.90 Å². The summed E-state index contributed by atoms with van der Waals surface area (Å²) in [5.41, 5.74) is 0.959. The molecule has 27 heavy (non-hydrogen) atoms. The number of aliphatic hydroxyl groups is 1. The van der Waals surface area contributed by atoms with Gasteiger partial charge in [0.25, 0.3) is 0 Å². The average Bonchev–Trinajstić information content (AvgIpc) is 3.26. The van der Waals surface area contributed by atoms with Gasteiger partial charge in [0.2, 0.25) is 5.91 Å². The molecule has 4 nitrogen and oxygen atoms in total. The summed E-state index contributed by atoms with van der Waals surface area (Å²) in [5, 5.41) is 10.6. The van der Waals surface area contributed by atoms with E-state index in [1.165, 1.54) is 6.42 Å². The maximum atomic E-state index is 12.5. The predicted octanol–water partition coefficient (Wildman–Crippen LogP) is 4.39. The summed E-state index contributed by atoms with van der Waals surface area (Å²) in [6, 6.07) is 13.7. The largest absolute Gasteiger partial charge is 0.461 e. The number of benzene rings is 1. The van der Waals surface area contributed by atoms with Gasteiger partial charge in [-0.25, -0.2) is 0 Å². The van der Waals surface area contributed by atoms with Crippen molar-refractivity contribution in [3.8, 4) is 0 Å². The molecule has 1 aromatic heterocycles. The molecule has 3 atom stereocenters. The van der Waals surface area contributed by atoms with E-state index in [-0.39, 0.29) is 11.8 Å². The molecule has 142 valence electrons. The molecule has 0 spiro atoms. The fourth-order valence-corrected chi connectivity index (χ4v) is 3.99. The van der Waals surface area contributed by atoms with Crippen LogP contribution in [-0.2, 0) is 4.79 Å². The Balaban J connectivity index is 1.29. The van der Waals surface area contributed by atoms with E-state index in [1.54, 1.807) is 12.2 Å². The third-order valence-electron chi connectivity index (χ3n) is 5.95. The van der Waals surface area contributed by atoms with Crippen molar-refractivity contribution < 1.29 is 14.3 Å². The number of furan rings is 1. The number of likely N-dealkylation sites (tertiary alicyclic amines) is 1. The van der Waals surface area contributed by atoms with Gasteiger partial charge < -0.3 is 14.4 Å². The average molecular weight is 365 g/mol. The molecule has 1 aliphatic carbocycles. The molecule has 4 rings (SSSR count). The Morgan fingerprint density at radius 3 is 2.56 bits per heavy atom. The quantitative estimate of drug-likeness (QED) is 0.800. The summed E-state index contributed by atoms with van der Waals surface area (Å²) < 4.78 is 5.82. The molecule has 0 radical (unpaired) electrons. The van der Waals surface area contributed by atoms with Crippen molar-refractivity contribution in [2.45, 2.75) is 38.2 Å². The van der Waals surface area contributed by atoms with Gasteiger partial charge in [-0.1, -0.05) is 37.3 Å². The lowest BCUT2D eigenvalue weighted by Gasteiger charge is -2.33. The minimum atomic E-state index is -0.453. The highest BCUT2D eigenvalue weighted by Crippen LogP contribution is 2.47. The molecule has 3 unspecified atom stereocenters. The van der Waals surface area contributed by atoms with E-state index in [0.29, 0.717) is 24.9 Å². The zero-order chi connectivity index (χ0) is 18.8. The molecule has 2 heterocycles. The van der Waals surface area contributed by atoms with Crippen LogP contribution in [0.2, 0.25) is 0 Å². The Morgan fingerprint density at radius 1 is 1.19 bits per heavy atom. The van der Waals surface area contributed by atoms with Crippen LogP contribution in [0.25, 0.3) is 6.08 Å². The van der Waals surface area contributed by atoms with Gasteiger partial charge in [0.1, 0.15) is 11.5 Å². The monoisotopic (exact) mass is 365 g/mol. The summed E-state index contributed by atoms with van der Waals surface area (Å²) >= 11 is 0. The fourth-order valence-electron chi connectivity index (χ4n) is 3.99. The number of rotatable bonds is 5. The topological polar surface area (TPSA) is 53.7 Å². The highest BCUT2D eigenvalue weighted by molar-refractivity contribution is 5.91. The number of nitrogens with zero attached hydrogens (tertiary/aromatic N) is 1. The van der Waals surface area contributed by atoms with E-state index in [1.807, 2.05) is 47.4 Å². The van der Waals surface area contributed by atoms with Gasteiger partial charge in [-0.3, -0.25) is 4.79 Å². The first-order valence-corrected chi connectivity index (χ1v) is 9.91. The van der Waals surface area contributed by atoms with E-state index in [0.717, 1.165) is 29.9 Å². The van der Waals surface area contributed by atoms with Gasteiger partial charge in [-0.2, -0.15) is 0 Å². The number of hydrogen-bond donors (Lipinski definition) is 1.